The molecule has 0 radical (unpaired) electrons. The Kier molecular flexibility index (Phi) is 2.98. The molecule has 6 nitrogen and oxygen atoms in total. The molecule has 0 saturated heterocycles. The van der Waals surface area contributed by atoms with Crippen molar-refractivity contribution in [2.45, 2.75) is 12.3 Å². The number of hydrogen-bond acceptors (Lipinski definition) is 7. The summed E-state index contributed by atoms with van der Waals surface area (Å²) in [6, 6.07) is 10.5. The molecule has 0 fully saturated rings. The lowest BCUT2D eigenvalue weighted by molar-refractivity contribution is -0.135. The van der Waals surface area contributed by atoms with Gasteiger partial charge in [-0.1, -0.05) is 12.1 Å². The number of esters is 1. The molecule has 7 heteroatoms. The van der Waals surface area contributed by atoms with Gasteiger partial charge in [0, 0.05) is 17.0 Å². The first-order valence-corrected chi connectivity index (χ1v) is 8.41. The van der Waals surface area contributed by atoms with Gasteiger partial charge in [0.2, 0.25) is 0 Å². The van der Waals surface area contributed by atoms with Crippen molar-refractivity contribution in [3.8, 4) is 5.75 Å². The van der Waals surface area contributed by atoms with Crippen LogP contribution in [0.2, 0.25) is 0 Å². The molecular weight excluding hydrogens is 340 g/mol. The Morgan fingerprint density at radius 2 is 1.96 bits per heavy atom. The highest BCUT2D eigenvalue weighted by Gasteiger charge is 2.33. The molecule has 2 aromatic carbocycles. The van der Waals surface area contributed by atoms with Crippen molar-refractivity contribution in [2.75, 3.05) is 0 Å². The first kappa shape index (κ1) is 14.3. The van der Waals surface area contributed by atoms with Gasteiger partial charge in [-0.3, -0.25) is 9.59 Å². The van der Waals surface area contributed by atoms with Crippen LogP contribution in [0.5, 0.6) is 5.75 Å². The second-order valence-electron chi connectivity index (χ2n) is 5.86. The monoisotopic (exact) mass is 350 g/mol. The molecule has 0 N–H and O–H groups in total. The van der Waals surface area contributed by atoms with E-state index in [-0.39, 0.29) is 17.8 Å². The minimum Gasteiger partial charge on any atom is -0.464 e. The molecule has 5 rings (SSSR count). The predicted octanol–water partition coefficient (Wildman–Crippen LogP) is 3.24. The minimum absolute atomic E-state index is 0.0622. The molecule has 0 bridgehead atoms. The van der Waals surface area contributed by atoms with Gasteiger partial charge in [-0.15, -0.1) is 0 Å². The first-order chi connectivity index (χ1) is 12.2. The highest BCUT2D eigenvalue weighted by atomic mass is 32.1. The molecule has 122 valence electrons. The number of ether oxygens (including phenoxy) is 1. The first-order valence-electron chi connectivity index (χ1n) is 7.68. The van der Waals surface area contributed by atoms with E-state index in [0.717, 1.165) is 17.2 Å². The maximum atomic E-state index is 13.0. The van der Waals surface area contributed by atoms with Crippen LogP contribution in [0.1, 0.15) is 23.5 Å². The summed E-state index contributed by atoms with van der Waals surface area (Å²) < 4.78 is 19.6. The molecule has 2 aromatic heterocycles. The number of hydrogen-bond donors (Lipinski definition) is 0. The average Bonchev–Trinajstić information content (AvgIpc) is 3.10. The third-order valence-corrected chi connectivity index (χ3v) is 4.99. The molecule has 3 heterocycles. The van der Waals surface area contributed by atoms with Crippen molar-refractivity contribution in [3.63, 3.8) is 0 Å². The van der Waals surface area contributed by atoms with Gasteiger partial charge < -0.3 is 9.15 Å². The van der Waals surface area contributed by atoms with Gasteiger partial charge in [-0.05, 0) is 24.3 Å². The summed E-state index contributed by atoms with van der Waals surface area (Å²) in [5.41, 5.74) is 2.89. The van der Waals surface area contributed by atoms with Gasteiger partial charge in [0.05, 0.1) is 29.8 Å². The summed E-state index contributed by atoms with van der Waals surface area (Å²) in [5, 5.41) is 0.490. The van der Waals surface area contributed by atoms with E-state index in [0.29, 0.717) is 33.4 Å². The number of carbonyl (C=O) groups is 1. The lowest BCUT2D eigenvalue weighted by Gasteiger charge is -2.24. The van der Waals surface area contributed by atoms with E-state index < -0.39 is 5.92 Å². The molecule has 1 atom stereocenters. The van der Waals surface area contributed by atoms with Crippen molar-refractivity contribution in [1.29, 1.82) is 0 Å². The van der Waals surface area contributed by atoms with E-state index in [1.165, 1.54) is 6.26 Å². The average molecular weight is 350 g/mol. The number of carbonyl (C=O) groups excluding carboxylic acids is 1. The Balaban J connectivity index is 1.81. The number of para-hydroxylation sites is 1. The molecule has 0 aliphatic carbocycles. The molecule has 0 saturated carbocycles. The highest BCUT2D eigenvalue weighted by Crippen LogP contribution is 2.41. The van der Waals surface area contributed by atoms with E-state index >= 15 is 0 Å². The van der Waals surface area contributed by atoms with Crippen molar-refractivity contribution in [1.82, 2.24) is 8.75 Å². The van der Waals surface area contributed by atoms with Crippen molar-refractivity contribution in [3.05, 3.63) is 64.0 Å². The van der Waals surface area contributed by atoms with Crippen LogP contribution in [0.3, 0.4) is 0 Å². The van der Waals surface area contributed by atoms with Crippen molar-refractivity contribution in [2.24, 2.45) is 0 Å². The van der Waals surface area contributed by atoms with E-state index in [9.17, 15) is 9.59 Å². The Hall–Kier alpha value is -3.06. The molecule has 0 spiro atoms. The Bertz CT molecular complexity index is 1210. The minimum atomic E-state index is -0.468. The van der Waals surface area contributed by atoms with Crippen LogP contribution in [-0.2, 0) is 4.79 Å². The molecule has 0 amide bonds. The molecule has 1 aliphatic rings. The molecule has 1 aliphatic heterocycles. The fourth-order valence-electron chi connectivity index (χ4n) is 3.31. The lowest BCUT2D eigenvalue weighted by Crippen LogP contribution is -2.25. The summed E-state index contributed by atoms with van der Waals surface area (Å²) in [6.45, 7) is 0. The third-order valence-electron chi connectivity index (χ3n) is 4.45. The van der Waals surface area contributed by atoms with Crippen LogP contribution in [0, 0.1) is 0 Å². The zero-order valence-electron chi connectivity index (χ0n) is 12.8. The summed E-state index contributed by atoms with van der Waals surface area (Å²) in [5.74, 6) is -0.425. The maximum absolute atomic E-state index is 13.0. The van der Waals surface area contributed by atoms with Crippen LogP contribution in [0.25, 0.3) is 22.0 Å². The third kappa shape index (κ3) is 2.09. The predicted molar refractivity (Wildman–Crippen MR) is 92.0 cm³/mol. The summed E-state index contributed by atoms with van der Waals surface area (Å²) in [7, 11) is 0. The van der Waals surface area contributed by atoms with Crippen molar-refractivity contribution >= 4 is 39.7 Å². The number of benzene rings is 2. The van der Waals surface area contributed by atoms with Crippen LogP contribution < -0.4 is 10.2 Å². The molecule has 25 heavy (non-hydrogen) atoms. The summed E-state index contributed by atoms with van der Waals surface area (Å²) in [4.78, 5) is 25.0. The summed E-state index contributed by atoms with van der Waals surface area (Å²) in [6.07, 6.45) is 1.50. The fourth-order valence-corrected chi connectivity index (χ4v) is 3.86. The molecular formula is C18H10N2O4S. The number of aromatic nitrogens is 2. The van der Waals surface area contributed by atoms with Gasteiger partial charge in [0.15, 0.2) is 5.43 Å². The SMILES string of the molecule is O=C1C[C@@H](c2coc3ccccc3c2=O)c2c(ccc3nsnc23)O1. The van der Waals surface area contributed by atoms with Crippen LogP contribution >= 0.6 is 11.7 Å². The molecule has 4 aromatic rings. The van der Waals surface area contributed by atoms with E-state index in [4.69, 9.17) is 9.15 Å². The van der Waals surface area contributed by atoms with Crippen LogP contribution in [0.4, 0.5) is 0 Å². The smallest absolute Gasteiger partial charge is 0.312 e. The standard InChI is InChI=1S/C18H10N2O4S/c21-15-7-10(11-8-23-13-4-2-1-3-9(13)18(11)22)16-14(24-15)6-5-12-17(16)20-25-19-12/h1-6,8,10H,7H2/t10-/m0/s1. The molecule has 0 unspecified atom stereocenters. The van der Waals surface area contributed by atoms with Gasteiger partial charge in [0.1, 0.15) is 22.4 Å². The van der Waals surface area contributed by atoms with Gasteiger partial charge in [-0.2, -0.15) is 8.75 Å². The topological polar surface area (TPSA) is 82.3 Å². The number of rotatable bonds is 1. The van der Waals surface area contributed by atoms with E-state index in [1.807, 2.05) is 6.07 Å². The fraction of sp³-hybridized carbons (Fsp3) is 0.111. The maximum Gasteiger partial charge on any atom is 0.312 e. The van der Waals surface area contributed by atoms with Crippen LogP contribution in [-0.4, -0.2) is 14.7 Å². The summed E-state index contributed by atoms with van der Waals surface area (Å²) >= 11 is 1.09. The van der Waals surface area contributed by atoms with E-state index in [1.54, 1.807) is 30.3 Å². The van der Waals surface area contributed by atoms with Gasteiger partial charge in [0.25, 0.3) is 0 Å². The quantitative estimate of drug-likeness (QED) is 0.387. The zero-order valence-corrected chi connectivity index (χ0v) is 13.6. The second-order valence-corrected chi connectivity index (χ2v) is 6.38. The Morgan fingerprint density at radius 1 is 1.08 bits per heavy atom. The Labute approximate surface area is 145 Å². The highest BCUT2D eigenvalue weighted by molar-refractivity contribution is 7.00. The second kappa shape index (κ2) is 5.22. The van der Waals surface area contributed by atoms with E-state index in [2.05, 4.69) is 8.75 Å². The Morgan fingerprint density at radius 3 is 2.88 bits per heavy atom. The zero-order chi connectivity index (χ0) is 17.0. The lowest BCUT2D eigenvalue weighted by atomic mass is 9.86. The number of nitrogens with zero attached hydrogens (tertiary/aromatic N) is 2. The van der Waals surface area contributed by atoms with Gasteiger partial charge in [-0.25, -0.2) is 0 Å². The number of fused-ring (bicyclic) bond motifs is 4. The van der Waals surface area contributed by atoms with Crippen molar-refractivity contribution < 1.29 is 13.9 Å². The van der Waals surface area contributed by atoms with Crippen LogP contribution in [0.15, 0.2) is 51.9 Å². The van der Waals surface area contributed by atoms with Gasteiger partial charge >= 0.3 is 5.97 Å². The normalized spacial score (nSPS) is 16.8. The largest absolute Gasteiger partial charge is 0.464 e.